The molecule has 0 bridgehead atoms. The summed E-state index contributed by atoms with van der Waals surface area (Å²) in [5, 5.41) is 8.57. The normalized spacial score (nSPS) is 10.1. The predicted molar refractivity (Wildman–Crippen MR) is 61.3 cm³/mol. The Labute approximate surface area is 90.6 Å². The van der Waals surface area contributed by atoms with Crippen LogP contribution in [-0.4, -0.2) is 8.07 Å². The van der Waals surface area contributed by atoms with Crippen molar-refractivity contribution < 1.29 is 4.39 Å². The fourth-order valence-electron chi connectivity index (χ4n) is 0.941. The Morgan fingerprint density at radius 2 is 1.93 bits per heavy atom. The Bertz CT molecular complexity index is 469. The van der Waals surface area contributed by atoms with E-state index in [1.807, 2.05) is 6.07 Å². The molecule has 15 heavy (non-hydrogen) atoms. The molecule has 0 fully saturated rings. The Kier molecular flexibility index (Phi) is 3.29. The molecule has 0 spiro atoms. The molecule has 0 amide bonds. The molecule has 1 aromatic carbocycles. The summed E-state index contributed by atoms with van der Waals surface area (Å²) in [5.74, 6) is 2.41. The molecule has 0 N–H and O–H groups in total. The Hall–Kier alpha value is -1.58. The van der Waals surface area contributed by atoms with Crippen LogP contribution < -0.4 is 0 Å². The zero-order chi connectivity index (χ0) is 11.5. The summed E-state index contributed by atoms with van der Waals surface area (Å²) in [7, 11) is -1.48. The molecule has 0 saturated carbocycles. The van der Waals surface area contributed by atoms with Gasteiger partial charge >= 0.3 is 0 Å². The van der Waals surface area contributed by atoms with E-state index in [1.165, 1.54) is 6.07 Å². The molecule has 0 aromatic heterocycles. The highest BCUT2D eigenvalue weighted by Crippen LogP contribution is 2.09. The standard InChI is InChI=1S/C12H12FNSi/c1-15(2,3)7-6-11-5-4-10(9-14)8-12(11)13/h4-5,8H,1-3H3. The lowest BCUT2D eigenvalue weighted by Crippen LogP contribution is -2.16. The molecule has 0 aliphatic heterocycles. The van der Waals surface area contributed by atoms with Crippen molar-refractivity contribution in [1.29, 1.82) is 5.26 Å². The smallest absolute Gasteiger partial charge is 0.140 e. The minimum absolute atomic E-state index is 0.325. The number of nitriles is 1. The molecule has 0 saturated heterocycles. The van der Waals surface area contributed by atoms with E-state index in [2.05, 4.69) is 31.1 Å². The summed E-state index contributed by atoms with van der Waals surface area (Å²) < 4.78 is 13.4. The average Bonchev–Trinajstić information content (AvgIpc) is 2.14. The summed E-state index contributed by atoms with van der Waals surface area (Å²) in [6, 6.07) is 6.24. The number of halogens is 1. The monoisotopic (exact) mass is 217 g/mol. The van der Waals surface area contributed by atoms with Crippen molar-refractivity contribution in [2.75, 3.05) is 0 Å². The van der Waals surface area contributed by atoms with Crippen LogP contribution in [0.4, 0.5) is 4.39 Å². The van der Waals surface area contributed by atoms with E-state index in [9.17, 15) is 4.39 Å². The van der Waals surface area contributed by atoms with Gasteiger partial charge in [-0.05, 0) is 18.2 Å². The van der Waals surface area contributed by atoms with Crippen LogP contribution >= 0.6 is 0 Å². The predicted octanol–water partition coefficient (Wildman–Crippen LogP) is 2.93. The molecule has 76 valence electrons. The third-order valence-corrected chi connectivity index (χ3v) is 2.55. The van der Waals surface area contributed by atoms with E-state index in [1.54, 1.807) is 12.1 Å². The Morgan fingerprint density at radius 3 is 2.40 bits per heavy atom. The van der Waals surface area contributed by atoms with Crippen molar-refractivity contribution in [3.8, 4) is 17.5 Å². The summed E-state index contributed by atoms with van der Waals surface area (Å²) in [4.78, 5) is 0. The first-order valence-electron chi connectivity index (χ1n) is 4.65. The number of hydrogen-bond acceptors (Lipinski definition) is 1. The molecule has 0 heterocycles. The van der Waals surface area contributed by atoms with Crippen molar-refractivity contribution in [3.63, 3.8) is 0 Å². The third kappa shape index (κ3) is 3.57. The first-order chi connectivity index (χ1) is 6.92. The van der Waals surface area contributed by atoms with Gasteiger partial charge in [0.15, 0.2) is 0 Å². The molecule has 3 heteroatoms. The first-order valence-corrected chi connectivity index (χ1v) is 8.15. The SMILES string of the molecule is C[Si](C)(C)C#Cc1ccc(C#N)cc1F. The number of rotatable bonds is 0. The molecular formula is C12H12FNSi. The fraction of sp³-hybridized carbons (Fsp3) is 0.250. The van der Waals surface area contributed by atoms with Crippen molar-refractivity contribution in [2.24, 2.45) is 0 Å². The van der Waals surface area contributed by atoms with Crippen LogP contribution in [0.3, 0.4) is 0 Å². The number of nitrogens with zero attached hydrogens (tertiary/aromatic N) is 1. The van der Waals surface area contributed by atoms with Gasteiger partial charge in [0.2, 0.25) is 0 Å². The molecular weight excluding hydrogens is 205 g/mol. The van der Waals surface area contributed by atoms with Crippen LogP contribution in [-0.2, 0) is 0 Å². The van der Waals surface area contributed by atoms with Gasteiger partial charge in [-0.2, -0.15) is 5.26 Å². The van der Waals surface area contributed by atoms with E-state index in [0.717, 1.165) is 0 Å². The molecule has 1 aromatic rings. The fourth-order valence-corrected chi connectivity index (χ4v) is 1.45. The van der Waals surface area contributed by atoms with Crippen LogP contribution in [0.15, 0.2) is 18.2 Å². The molecule has 0 unspecified atom stereocenters. The van der Waals surface area contributed by atoms with Crippen molar-refractivity contribution >= 4 is 8.07 Å². The lowest BCUT2D eigenvalue weighted by atomic mass is 10.1. The average molecular weight is 217 g/mol. The van der Waals surface area contributed by atoms with Gasteiger partial charge in [0.05, 0.1) is 17.2 Å². The van der Waals surface area contributed by atoms with Gasteiger partial charge < -0.3 is 0 Å². The van der Waals surface area contributed by atoms with Crippen LogP contribution in [0.2, 0.25) is 19.6 Å². The largest absolute Gasteiger partial charge is 0.206 e. The van der Waals surface area contributed by atoms with Gasteiger partial charge in [0.1, 0.15) is 13.9 Å². The molecule has 1 nitrogen and oxygen atoms in total. The van der Waals surface area contributed by atoms with Crippen molar-refractivity contribution in [2.45, 2.75) is 19.6 Å². The second-order valence-corrected chi connectivity index (χ2v) is 9.06. The van der Waals surface area contributed by atoms with Crippen LogP contribution in [0, 0.1) is 28.6 Å². The van der Waals surface area contributed by atoms with Crippen molar-refractivity contribution in [3.05, 3.63) is 35.1 Å². The first kappa shape index (κ1) is 11.5. The minimum atomic E-state index is -1.48. The Morgan fingerprint density at radius 1 is 1.27 bits per heavy atom. The quantitative estimate of drug-likeness (QED) is 0.484. The van der Waals surface area contributed by atoms with Crippen LogP contribution in [0.5, 0.6) is 0 Å². The third-order valence-electron chi connectivity index (χ3n) is 1.67. The lowest BCUT2D eigenvalue weighted by Gasteiger charge is -2.03. The second-order valence-electron chi connectivity index (χ2n) is 4.31. The van der Waals surface area contributed by atoms with E-state index < -0.39 is 13.9 Å². The maximum atomic E-state index is 13.4. The topological polar surface area (TPSA) is 23.8 Å². The highest BCUT2D eigenvalue weighted by molar-refractivity contribution is 6.83. The van der Waals surface area contributed by atoms with Gasteiger partial charge in [-0.25, -0.2) is 4.39 Å². The van der Waals surface area contributed by atoms with Gasteiger partial charge in [-0.15, -0.1) is 5.54 Å². The van der Waals surface area contributed by atoms with Crippen LogP contribution in [0.25, 0.3) is 0 Å². The van der Waals surface area contributed by atoms with Gasteiger partial charge in [-0.3, -0.25) is 0 Å². The maximum Gasteiger partial charge on any atom is 0.140 e. The highest BCUT2D eigenvalue weighted by Gasteiger charge is 2.08. The molecule has 0 aliphatic rings. The highest BCUT2D eigenvalue weighted by atomic mass is 28.3. The zero-order valence-corrected chi connectivity index (χ0v) is 10.1. The molecule has 0 atom stereocenters. The number of hydrogen-bond donors (Lipinski definition) is 0. The minimum Gasteiger partial charge on any atom is -0.206 e. The van der Waals surface area contributed by atoms with E-state index >= 15 is 0 Å². The summed E-state index contributed by atoms with van der Waals surface area (Å²) in [6.45, 7) is 6.30. The van der Waals surface area contributed by atoms with Gasteiger partial charge in [0, 0.05) is 0 Å². The molecule has 1 rings (SSSR count). The van der Waals surface area contributed by atoms with Gasteiger partial charge in [-0.1, -0.05) is 25.6 Å². The van der Waals surface area contributed by atoms with Crippen molar-refractivity contribution in [1.82, 2.24) is 0 Å². The zero-order valence-electron chi connectivity index (χ0n) is 9.06. The maximum absolute atomic E-state index is 13.4. The van der Waals surface area contributed by atoms with E-state index in [0.29, 0.717) is 11.1 Å². The van der Waals surface area contributed by atoms with Gasteiger partial charge in [0.25, 0.3) is 0 Å². The van der Waals surface area contributed by atoms with Crippen LogP contribution in [0.1, 0.15) is 11.1 Å². The van der Waals surface area contributed by atoms with E-state index in [4.69, 9.17) is 5.26 Å². The van der Waals surface area contributed by atoms with E-state index in [-0.39, 0.29) is 0 Å². The number of benzene rings is 1. The second kappa shape index (κ2) is 4.29. The molecule has 0 radical (unpaired) electrons. The summed E-state index contributed by atoms with van der Waals surface area (Å²) >= 11 is 0. The summed E-state index contributed by atoms with van der Waals surface area (Å²) in [6.07, 6.45) is 0. The lowest BCUT2D eigenvalue weighted by molar-refractivity contribution is 0.624. The summed E-state index contributed by atoms with van der Waals surface area (Å²) in [5.41, 5.74) is 3.78. The molecule has 0 aliphatic carbocycles. The Balaban J connectivity index is 3.07.